The highest BCUT2D eigenvalue weighted by Gasteiger charge is 2.35. The lowest BCUT2D eigenvalue weighted by molar-refractivity contribution is 0.0472. The van der Waals surface area contributed by atoms with Gasteiger partial charge in [0.1, 0.15) is 11.1 Å². The summed E-state index contributed by atoms with van der Waals surface area (Å²) in [6.45, 7) is 7.66. The number of ether oxygens (including phenoxy) is 1. The van der Waals surface area contributed by atoms with Gasteiger partial charge >= 0.3 is 6.09 Å². The third-order valence-corrected chi connectivity index (χ3v) is 3.32. The van der Waals surface area contributed by atoms with E-state index in [1.54, 1.807) is 0 Å². The fraction of sp³-hybridized carbons (Fsp3) is 0.857. The van der Waals surface area contributed by atoms with Crippen LogP contribution in [0.25, 0.3) is 0 Å². The van der Waals surface area contributed by atoms with Crippen LogP contribution < -0.4 is 5.32 Å². The molecular weight excluding hydrogens is 228 g/mol. The molecule has 1 aliphatic carbocycles. The first-order chi connectivity index (χ1) is 8.26. The van der Waals surface area contributed by atoms with Crippen LogP contribution in [0.15, 0.2) is 0 Å². The topological polar surface area (TPSA) is 62.1 Å². The molecule has 2 atom stereocenters. The quantitative estimate of drug-likeness (QED) is 0.728. The molecule has 0 aromatic rings. The van der Waals surface area contributed by atoms with Crippen molar-refractivity contribution in [1.82, 2.24) is 5.32 Å². The first kappa shape index (κ1) is 14.8. The third kappa shape index (κ3) is 4.56. The van der Waals surface area contributed by atoms with Crippen LogP contribution >= 0.6 is 0 Å². The number of nitriles is 1. The molecule has 0 saturated heterocycles. The van der Waals surface area contributed by atoms with Crippen LogP contribution in [-0.2, 0) is 4.74 Å². The van der Waals surface area contributed by atoms with Crippen molar-refractivity contribution in [2.45, 2.75) is 70.9 Å². The zero-order chi connectivity index (χ0) is 13.8. The van der Waals surface area contributed by atoms with E-state index in [0.717, 1.165) is 19.3 Å². The van der Waals surface area contributed by atoms with E-state index < -0.39 is 17.2 Å². The van der Waals surface area contributed by atoms with Gasteiger partial charge in [-0.2, -0.15) is 5.26 Å². The molecule has 0 heterocycles. The molecule has 0 aromatic heterocycles. The smallest absolute Gasteiger partial charge is 0.408 e. The summed E-state index contributed by atoms with van der Waals surface area (Å²) in [6.07, 6.45) is 4.02. The van der Waals surface area contributed by atoms with Crippen molar-refractivity contribution in [3.05, 3.63) is 0 Å². The number of nitrogens with zero attached hydrogens (tertiary/aromatic N) is 1. The molecule has 1 saturated carbocycles. The van der Waals surface area contributed by atoms with Crippen LogP contribution in [0, 0.1) is 17.2 Å². The van der Waals surface area contributed by atoms with Crippen molar-refractivity contribution < 1.29 is 9.53 Å². The Bertz CT molecular complexity index is 341. The Labute approximate surface area is 110 Å². The number of hydrogen-bond donors (Lipinski definition) is 1. The van der Waals surface area contributed by atoms with Gasteiger partial charge in [-0.3, -0.25) is 0 Å². The molecule has 0 spiro atoms. The van der Waals surface area contributed by atoms with Crippen molar-refractivity contribution in [1.29, 1.82) is 5.26 Å². The molecule has 1 aliphatic rings. The van der Waals surface area contributed by atoms with Crippen LogP contribution in [-0.4, -0.2) is 17.2 Å². The fourth-order valence-corrected chi connectivity index (χ4v) is 2.28. The minimum absolute atomic E-state index is 0.487. The second kappa shape index (κ2) is 5.60. The highest BCUT2D eigenvalue weighted by atomic mass is 16.6. The van der Waals surface area contributed by atoms with Crippen molar-refractivity contribution in [3.8, 4) is 6.07 Å². The van der Waals surface area contributed by atoms with Gasteiger partial charge < -0.3 is 10.1 Å². The first-order valence-electron chi connectivity index (χ1n) is 6.69. The number of nitrogens with one attached hydrogen (secondary N) is 1. The summed E-state index contributed by atoms with van der Waals surface area (Å²) in [5, 5.41) is 12.2. The second-order valence-electron chi connectivity index (χ2n) is 6.36. The van der Waals surface area contributed by atoms with Gasteiger partial charge in [0.25, 0.3) is 0 Å². The number of carbonyl (C=O) groups is 1. The minimum Gasteiger partial charge on any atom is -0.444 e. The maximum Gasteiger partial charge on any atom is 0.408 e. The van der Waals surface area contributed by atoms with Crippen LogP contribution in [0.2, 0.25) is 0 Å². The molecule has 1 amide bonds. The molecule has 0 aliphatic heterocycles. The van der Waals surface area contributed by atoms with Crippen LogP contribution in [0.1, 0.15) is 59.8 Å². The highest BCUT2D eigenvalue weighted by Crippen LogP contribution is 2.30. The van der Waals surface area contributed by atoms with Crippen molar-refractivity contribution >= 4 is 6.09 Å². The Kier molecular flexibility index (Phi) is 4.61. The van der Waals surface area contributed by atoms with Gasteiger partial charge in [-0.05, 0) is 52.4 Å². The van der Waals surface area contributed by atoms with E-state index >= 15 is 0 Å². The third-order valence-electron chi connectivity index (χ3n) is 3.32. The van der Waals surface area contributed by atoms with Crippen LogP contribution in [0.5, 0.6) is 0 Å². The van der Waals surface area contributed by atoms with E-state index in [-0.39, 0.29) is 0 Å². The predicted molar refractivity (Wildman–Crippen MR) is 70.0 cm³/mol. The number of rotatable bonds is 1. The molecule has 0 bridgehead atoms. The summed E-state index contributed by atoms with van der Waals surface area (Å²) >= 11 is 0. The van der Waals surface area contributed by atoms with Crippen molar-refractivity contribution in [2.24, 2.45) is 5.92 Å². The van der Waals surface area contributed by atoms with E-state index in [1.807, 2.05) is 20.8 Å². The van der Waals surface area contributed by atoms with Crippen LogP contribution in [0.4, 0.5) is 4.79 Å². The molecule has 2 unspecified atom stereocenters. The monoisotopic (exact) mass is 252 g/mol. The van der Waals surface area contributed by atoms with Gasteiger partial charge in [0, 0.05) is 0 Å². The lowest BCUT2D eigenvalue weighted by Gasteiger charge is -2.28. The lowest BCUT2D eigenvalue weighted by atomic mass is 9.91. The summed E-state index contributed by atoms with van der Waals surface area (Å²) in [4.78, 5) is 11.8. The maximum atomic E-state index is 11.8. The molecule has 4 nitrogen and oxygen atoms in total. The Morgan fingerprint density at radius 3 is 2.61 bits per heavy atom. The minimum atomic E-state index is -0.743. The standard InChI is InChI=1S/C14H24N2O2/c1-11-6-5-8-14(10-15,9-7-11)16-12(17)18-13(2,3)4/h11H,5-9H2,1-4H3,(H,16,17). The van der Waals surface area contributed by atoms with Crippen LogP contribution in [0.3, 0.4) is 0 Å². The average Bonchev–Trinajstić information content (AvgIpc) is 2.39. The summed E-state index contributed by atoms with van der Waals surface area (Å²) < 4.78 is 5.23. The van der Waals surface area contributed by atoms with Gasteiger partial charge in [0.05, 0.1) is 6.07 Å². The summed E-state index contributed by atoms with van der Waals surface area (Å²) in [6, 6.07) is 2.28. The average molecular weight is 252 g/mol. The molecule has 0 radical (unpaired) electrons. The predicted octanol–water partition coefficient (Wildman–Crippen LogP) is 3.37. The SMILES string of the molecule is CC1CCCC(C#N)(NC(=O)OC(C)(C)C)CC1. The van der Waals surface area contributed by atoms with E-state index in [9.17, 15) is 10.1 Å². The fourth-order valence-electron chi connectivity index (χ4n) is 2.28. The molecule has 1 fully saturated rings. The van der Waals surface area contributed by atoms with Gasteiger partial charge in [-0.25, -0.2) is 4.79 Å². The maximum absolute atomic E-state index is 11.8. The van der Waals surface area contributed by atoms with Gasteiger partial charge in [-0.1, -0.05) is 13.3 Å². The molecule has 1 N–H and O–H groups in total. The molecule has 4 heteroatoms. The van der Waals surface area contributed by atoms with Gasteiger partial charge in [-0.15, -0.1) is 0 Å². The lowest BCUT2D eigenvalue weighted by Crippen LogP contribution is -2.48. The largest absolute Gasteiger partial charge is 0.444 e. The Morgan fingerprint density at radius 1 is 1.39 bits per heavy atom. The molecule has 1 rings (SSSR count). The Balaban J connectivity index is 2.66. The molecular formula is C14H24N2O2. The summed E-state index contributed by atoms with van der Waals surface area (Å²) in [5.41, 5.74) is -1.27. The van der Waals surface area contributed by atoms with Crippen molar-refractivity contribution in [3.63, 3.8) is 0 Å². The first-order valence-corrected chi connectivity index (χ1v) is 6.69. The highest BCUT2D eigenvalue weighted by molar-refractivity contribution is 5.69. The van der Waals surface area contributed by atoms with Crippen molar-refractivity contribution in [2.75, 3.05) is 0 Å². The molecule has 102 valence electrons. The van der Waals surface area contributed by atoms with E-state index in [2.05, 4.69) is 18.3 Å². The van der Waals surface area contributed by atoms with Gasteiger partial charge in [0.2, 0.25) is 0 Å². The number of carbonyl (C=O) groups excluding carboxylic acids is 1. The number of amides is 1. The molecule has 0 aromatic carbocycles. The Morgan fingerprint density at radius 2 is 2.06 bits per heavy atom. The Hall–Kier alpha value is -1.24. The summed E-state index contributed by atoms with van der Waals surface area (Å²) in [5.74, 6) is 0.626. The molecule has 18 heavy (non-hydrogen) atoms. The van der Waals surface area contributed by atoms with E-state index in [0.29, 0.717) is 18.8 Å². The number of alkyl carbamates (subject to hydrolysis) is 1. The second-order valence-corrected chi connectivity index (χ2v) is 6.36. The van der Waals surface area contributed by atoms with E-state index in [1.165, 1.54) is 0 Å². The zero-order valence-corrected chi connectivity index (χ0v) is 11.9. The van der Waals surface area contributed by atoms with Gasteiger partial charge in [0.15, 0.2) is 0 Å². The van der Waals surface area contributed by atoms with E-state index in [4.69, 9.17) is 4.74 Å². The zero-order valence-electron chi connectivity index (χ0n) is 11.9. The normalized spacial score (nSPS) is 28.9. The summed E-state index contributed by atoms with van der Waals surface area (Å²) in [7, 11) is 0. The number of hydrogen-bond acceptors (Lipinski definition) is 3.